The van der Waals surface area contributed by atoms with Crippen LogP contribution in [0.4, 0.5) is 5.69 Å². The molecule has 0 bridgehead atoms. The molecule has 1 heterocycles. The number of allylic oxidation sites excluding steroid dienone is 1. The molecule has 0 unspecified atom stereocenters. The molecule has 134 valence electrons. The van der Waals surface area contributed by atoms with Crippen molar-refractivity contribution in [3.63, 3.8) is 0 Å². The second kappa shape index (κ2) is 7.60. The van der Waals surface area contributed by atoms with Crippen LogP contribution < -0.4 is 0 Å². The SMILES string of the molecule is Cc1cc(/C=C(/C#N)c2ccc([N+](=O)[O-])cc2)c(C)n1-c1ccccc1Br. The van der Waals surface area contributed by atoms with Gasteiger partial charge in [0.25, 0.3) is 5.69 Å². The van der Waals surface area contributed by atoms with Crippen LogP contribution in [0.2, 0.25) is 0 Å². The van der Waals surface area contributed by atoms with Gasteiger partial charge in [0, 0.05) is 28.0 Å². The van der Waals surface area contributed by atoms with Gasteiger partial charge in [-0.1, -0.05) is 12.1 Å². The van der Waals surface area contributed by atoms with Gasteiger partial charge in [0.2, 0.25) is 0 Å². The lowest BCUT2D eigenvalue weighted by molar-refractivity contribution is -0.384. The third kappa shape index (κ3) is 3.69. The van der Waals surface area contributed by atoms with Crippen molar-refractivity contribution in [3.8, 4) is 11.8 Å². The molecule has 3 aromatic rings. The summed E-state index contributed by atoms with van der Waals surface area (Å²) in [7, 11) is 0. The van der Waals surface area contributed by atoms with E-state index >= 15 is 0 Å². The Morgan fingerprint density at radius 2 is 1.85 bits per heavy atom. The normalized spacial score (nSPS) is 11.3. The molecule has 2 aromatic carbocycles. The largest absolute Gasteiger partial charge is 0.317 e. The first kappa shape index (κ1) is 18.6. The predicted octanol–water partition coefficient (Wildman–Crippen LogP) is 5.83. The Kier molecular flexibility index (Phi) is 5.24. The number of para-hydroxylation sites is 1. The van der Waals surface area contributed by atoms with E-state index in [9.17, 15) is 15.4 Å². The van der Waals surface area contributed by atoms with Crippen molar-refractivity contribution in [2.24, 2.45) is 0 Å². The van der Waals surface area contributed by atoms with E-state index in [0.717, 1.165) is 27.1 Å². The van der Waals surface area contributed by atoms with Gasteiger partial charge in [-0.25, -0.2) is 0 Å². The van der Waals surface area contributed by atoms with Gasteiger partial charge in [-0.3, -0.25) is 10.1 Å². The van der Waals surface area contributed by atoms with Crippen LogP contribution in [0.5, 0.6) is 0 Å². The molecule has 0 fully saturated rings. The van der Waals surface area contributed by atoms with E-state index < -0.39 is 4.92 Å². The Labute approximate surface area is 165 Å². The number of halogens is 1. The van der Waals surface area contributed by atoms with Crippen LogP contribution in [0.15, 0.2) is 59.1 Å². The molecule has 1 aromatic heterocycles. The van der Waals surface area contributed by atoms with Gasteiger partial charge in [0.05, 0.1) is 22.3 Å². The quantitative estimate of drug-likeness (QED) is 0.302. The summed E-state index contributed by atoms with van der Waals surface area (Å²) in [6, 6.07) is 18.2. The minimum atomic E-state index is -0.453. The molecular weight excluding hydrogens is 406 g/mol. The molecule has 0 radical (unpaired) electrons. The van der Waals surface area contributed by atoms with Crippen LogP contribution in [0.1, 0.15) is 22.5 Å². The number of aromatic nitrogens is 1. The first-order chi connectivity index (χ1) is 12.9. The predicted molar refractivity (Wildman–Crippen MR) is 110 cm³/mol. The lowest BCUT2D eigenvalue weighted by atomic mass is 10.0. The maximum absolute atomic E-state index is 10.8. The van der Waals surface area contributed by atoms with Crippen molar-refractivity contribution in [1.29, 1.82) is 5.26 Å². The van der Waals surface area contributed by atoms with Crippen LogP contribution >= 0.6 is 15.9 Å². The summed E-state index contributed by atoms with van der Waals surface area (Å²) >= 11 is 3.59. The van der Waals surface area contributed by atoms with Crippen LogP contribution in [0, 0.1) is 35.3 Å². The van der Waals surface area contributed by atoms with Crippen molar-refractivity contribution in [2.75, 3.05) is 0 Å². The molecule has 0 aliphatic carbocycles. The summed E-state index contributed by atoms with van der Waals surface area (Å²) in [6.45, 7) is 4.02. The number of hydrogen-bond donors (Lipinski definition) is 0. The highest BCUT2D eigenvalue weighted by Crippen LogP contribution is 2.29. The Bertz CT molecular complexity index is 1090. The average molecular weight is 422 g/mol. The zero-order valence-electron chi connectivity index (χ0n) is 14.8. The van der Waals surface area contributed by atoms with Crippen LogP contribution in [-0.4, -0.2) is 9.49 Å². The van der Waals surface area contributed by atoms with E-state index in [4.69, 9.17) is 0 Å². The summed E-state index contributed by atoms with van der Waals surface area (Å²) in [5.74, 6) is 0. The van der Waals surface area contributed by atoms with Gasteiger partial charge in [0.1, 0.15) is 0 Å². The average Bonchev–Trinajstić information content (AvgIpc) is 2.93. The van der Waals surface area contributed by atoms with Crippen LogP contribution in [0.25, 0.3) is 17.3 Å². The zero-order valence-corrected chi connectivity index (χ0v) is 16.4. The van der Waals surface area contributed by atoms with Gasteiger partial charge in [0.15, 0.2) is 0 Å². The number of hydrogen-bond acceptors (Lipinski definition) is 3. The molecule has 0 spiro atoms. The van der Waals surface area contributed by atoms with E-state index in [1.54, 1.807) is 12.1 Å². The fourth-order valence-electron chi connectivity index (χ4n) is 3.04. The molecule has 6 heteroatoms. The molecule has 0 saturated carbocycles. The smallest absolute Gasteiger partial charge is 0.269 e. The molecule has 3 rings (SSSR count). The van der Waals surface area contributed by atoms with Crippen molar-refractivity contribution in [1.82, 2.24) is 4.57 Å². The van der Waals surface area contributed by atoms with Crippen LogP contribution in [-0.2, 0) is 0 Å². The number of rotatable bonds is 4. The minimum absolute atomic E-state index is 0.00291. The summed E-state index contributed by atoms with van der Waals surface area (Å²) in [5.41, 5.74) is 5.12. The molecule has 0 saturated heterocycles. The molecule has 5 nitrogen and oxygen atoms in total. The number of nitrogens with zero attached hydrogens (tertiary/aromatic N) is 3. The second-order valence-corrected chi connectivity index (χ2v) is 6.94. The summed E-state index contributed by atoms with van der Waals surface area (Å²) in [4.78, 5) is 10.4. The molecule has 0 N–H and O–H groups in total. The number of nitro benzene ring substituents is 1. The lowest BCUT2D eigenvalue weighted by Crippen LogP contribution is -1.99. The van der Waals surface area contributed by atoms with Crippen LogP contribution in [0.3, 0.4) is 0 Å². The van der Waals surface area contributed by atoms with E-state index in [0.29, 0.717) is 11.1 Å². The van der Waals surface area contributed by atoms with E-state index in [1.807, 2.05) is 50.3 Å². The number of non-ortho nitro benzene ring substituents is 1. The standard InChI is InChI=1S/C21H16BrN3O2/c1-14-11-17(15(2)24(14)21-6-4-3-5-20(21)22)12-18(13-23)16-7-9-19(10-8-16)25(26)27/h3-12H,1-2H3/b18-12-. The molecular formula is C21H16BrN3O2. The van der Waals surface area contributed by atoms with E-state index in [1.165, 1.54) is 12.1 Å². The van der Waals surface area contributed by atoms with Gasteiger partial charge in [-0.15, -0.1) is 0 Å². The molecule has 0 atom stereocenters. The summed E-state index contributed by atoms with van der Waals surface area (Å²) in [5, 5.41) is 20.4. The monoisotopic (exact) mass is 421 g/mol. The molecule has 27 heavy (non-hydrogen) atoms. The van der Waals surface area contributed by atoms with Crippen molar-refractivity contribution in [3.05, 3.63) is 91.7 Å². The maximum atomic E-state index is 10.8. The Balaban J connectivity index is 2.06. The van der Waals surface area contributed by atoms with Crippen molar-refractivity contribution in [2.45, 2.75) is 13.8 Å². The Hall–Kier alpha value is -3.17. The number of aryl methyl sites for hydroxylation is 1. The highest BCUT2D eigenvalue weighted by atomic mass is 79.9. The van der Waals surface area contributed by atoms with E-state index in [-0.39, 0.29) is 5.69 Å². The molecule has 0 aliphatic heterocycles. The molecule has 0 aliphatic rings. The topological polar surface area (TPSA) is 71.9 Å². The summed E-state index contributed by atoms with van der Waals surface area (Å²) in [6.07, 6.45) is 1.82. The number of nitriles is 1. The number of nitro groups is 1. The Morgan fingerprint density at radius 3 is 2.44 bits per heavy atom. The lowest BCUT2D eigenvalue weighted by Gasteiger charge is -2.11. The third-order valence-corrected chi connectivity index (χ3v) is 5.04. The zero-order chi connectivity index (χ0) is 19.6. The highest BCUT2D eigenvalue weighted by molar-refractivity contribution is 9.10. The van der Waals surface area contributed by atoms with Crippen molar-refractivity contribution >= 4 is 33.3 Å². The van der Waals surface area contributed by atoms with Gasteiger partial charge >= 0.3 is 0 Å². The highest BCUT2D eigenvalue weighted by Gasteiger charge is 2.13. The minimum Gasteiger partial charge on any atom is -0.317 e. The first-order valence-electron chi connectivity index (χ1n) is 8.23. The molecule has 0 amide bonds. The van der Waals surface area contributed by atoms with Gasteiger partial charge in [-0.05, 0) is 77.3 Å². The van der Waals surface area contributed by atoms with Crippen molar-refractivity contribution < 1.29 is 4.92 Å². The first-order valence-corrected chi connectivity index (χ1v) is 9.02. The second-order valence-electron chi connectivity index (χ2n) is 6.09. The summed E-state index contributed by atoms with van der Waals surface area (Å²) < 4.78 is 3.11. The fraction of sp³-hybridized carbons (Fsp3) is 0.0952. The number of benzene rings is 2. The Morgan fingerprint density at radius 1 is 1.19 bits per heavy atom. The van der Waals surface area contributed by atoms with Gasteiger partial charge in [-0.2, -0.15) is 5.26 Å². The van der Waals surface area contributed by atoms with E-state index in [2.05, 4.69) is 26.6 Å². The van der Waals surface area contributed by atoms with Gasteiger partial charge < -0.3 is 4.57 Å². The third-order valence-electron chi connectivity index (χ3n) is 4.37. The fourth-order valence-corrected chi connectivity index (χ4v) is 3.50. The maximum Gasteiger partial charge on any atom is 0.269 e.